The molecule has 1 heterocycles. The largest absolute Gasteiger partial charge is 0.510 e. The quantitative estimate of drug-likeness (QED) is 0.302. The van der Waals surface area contributed by atoms with Gasteiger partial charge in [0, 0.05) is 4.90 Å². The first kappa shape index (κ1) is 18.1. The number of para-hydroxylation sites is 2. The van der Waals surface area contributed by atoms with Crippen LogP contribution in [0.15, 0.2) is 53.1 Å². The molecule has 0 radical (unpaired) electrons. The molecule has 0 spiro atoms. The number of nitrogens with one attached hydrogen (secondary N) is 1. The lowest BCUT2D eigenvalue weighted by Crippen LogP contribution is -2.09. The van der Waals surface area contributed by atoms with Gasteiger partial charge in [-0.2, -0.15) is 0 Å². The van der Waals surface area contributed by atoms with Gasteiger partial charge < -0.3 is 14.8 Å². The summed E-state index contributed by atoms with van der Waals surface area (Å²) in [6.45, 7) is 4.04. The standard InChI is InChI=1S/C20H20N2O3S/c1-12-8-9-13(2)17(10-12)26-11-16(23)18(20(24)25-3)19-21-14-6-4-5-7-15(14)22-19/h4-10,23H,11H2,1-3H3,(H,21,22)/b18-16+. The van der Waals surface area contributed by atoms with E-state index < -0.39 is 5.97 Å². The molecular weight excluding hydrogens is 348 g/mol. The van der Waals surface area contributed by atoms with Crippen LogP contribution in [0.25, 0.3) is 16.6 Å². The van der Waals surface area contributed by atoms with Gasteiger partial charge in [0.15, 0.2) is 0 Å². The molecule has 0 saturated carbocycles. The number of imidazole rings is 1. The lowest BCUT2D eigenvalue weighted by molar-refractivity contribution is -0.133. The molecule has 0 atom stereocenters. The molecule has 0 amide bonds. The highest BCUT2D eigenvalue weighted by atomic mass is 32.2. The second-order valence-corrected chi connectivity index (χ2v) is 6.99. The number of carbonyl (C=O) groups excluding carboxylic acids is 1. The normalized spacial score (nSPS) is 12.1. The van der Waals surface area contributed by atoms with Crippen LogP contribution >= 0.6 is 11.8 Å². The van der Waals surface area contributed by atoms with Crippen molar-refractivity contribution in [3.8, 4) is 0 Å². The Morgan fingerprint density at radius 3 is 2.73 bits per heavy atom. The molecule has 5 nitrogen and oxygen atoms in total. The minimum absolute atomic E-state index is 0.0570. The second-order valence-electron chi connectivity index (χ2n) is 5.97. The first-order valence-electron chi connectivity index (χ1n) is 8.15. The fraction of sp³-hybridized carbons (Fsp3) is 0.200. The molecule has 2 aromatic carbocycles. The Morgan fingerprint density at radius 1 is 1.23 bits per heavy atom. The Kier molecular flexibility index (Phi) is 5.32. The smallest absolute Gasteiger partial charge is 0.345 e. The van der Waals surface area contributed by atoms with E-state index in [2.05, 4.69) is 16.0 Å². The third-order valence-corrected chi connectivity index (χ3v) is 5.18. The van der Waals surface area contributed by atoms with Crippen molar-refractivity contribution >= 4 is 34.3 Å². The Balaban J connectivity index is 1.95. The molecule has 0 unspecified atom stereocenters. The van der Waals surface area contributed by atoms with E-state index in [0.717, 1.165) is 27.1 Å². The topological polar surface area (TPSA) is 75.2 Å². The van der Waals surface area contributed by atoms with Crippen LogP contribution < -0.4 is 0 Å². The summed E-state index contributed by atoms with van der Waals surface area (Å²) in [5, 5.41) is 10.6. The van der Waals surface area contributed by atoms with E-state index in [1.807, 2.05) is 50.2 Å². The van der Waals surface area contributed by atoms with Gasteiger partial charge in [-0.3, -0.25) is 0 Å². The van der Waals surface area contributed by atoms with Crippen LogP contribution in [0.1, 0.15) is 17.0 Å². The van der Waals surface area contributed by atoms with Crippen LogP contribution in [0.3, 0.4) is 0 Å². The number of aryl methyl sites for hydroxylation is 2. The van der Waals surface area contributed by atoms with Crippen molar-refractivity contribution in [1.29, 1.82) is 0 Å². The third kappa shape index (κ3) is 3.75. The molecule has 0 saturated heterocycles. The van der Waals surface area contributed by atoms with Crippen LogP contribution in [0.2, 0.25) is 0 Å². The van der Waals surface area contributed by atoms with E-state index in [0.29, 0.717) is 5.82 Å². The number of esters is 1. The van der Waals surface area contributed by atoms with E-state index >= 15 is 0 Å². The molecule has 26 heavy (non-hydrogen) atoms. The monoisotopic (exact) mass is 368 g/mol. The first-order chi connectivity index (χ1) is 12.5. The number of aromatic nitrogens is 2. The van der Waals surface area contributed by atoms with Crippen LogP contribution in [-0.2, 0) is 9.53 Å². The Labute approximate surface area is 156 Å². The van der Waals surface area contributed by atoms with E-state index in [1.54, 1.807) is 0 Å². The summed E-state index contributed by atoms with van der Waals surface area (Å²) < 4.78 is 4.85. The number of aliphatic hydroxyl groups is 1. The van der Waals surface area contributed by atoms with Crippen molar-refractivity contribution in [2.45, 2.75) is 18.7 Å². The predicted molar refractivity (Wildman–Crippen MR) is 104 cm³/mol. The van der Waals surface area contributed by atoms with Gasteiger partial charge in [-0.25, -0.2) is 9.78 Å². The highest BCUT2D eigenvalue weighted by molar-refractivity contribution is 7.99. The van der Waals surface area contributed by atoms with Crippen molar-refractivity contribution in [3.05, 3.63) is 65.2 Å². The van der Waals surface area contributed by atoms with Gasteiger partial charge in [-0.15, -0.1) is 11.8 Å². The summed E-state index contributed by atoms with van der Waals surface area (Å²) in [6.07, 6.45) is 0. The number of hydrogen-bond donors (Lipinski definition) is 2. The number of H-pyrrole nitrogens is 1. The number of aliphatic hydroxyl groups excluding tert-OH is 1. The minimum atomic E-state index is -0.622. The third-order valence-electron chi connectivity index (χ3n) is 4.01. The summed E-state index contributed by atoms with van der Waals surface area (Å²) in [5.41, 5.74) is 3.84. The minimum Gasteiger partial charge on any atom is -0.510 e. The van der Waals surface area contributed by atoms with Crippen molar-refractivity contribution in [2.75, 3.05) is 12.9 Å². The zero-order chi connectivity index (χ0) is 18.7. The molecule has 0 aliphatic rings. The number of hydrogen-bond acceptors (Lipinski definition) is 5. The first-order valence-corrected chi connectivity index (χ1v) is 9.13. The van der Waals surface area contributed by atoms with Gasteiger partial charge in [0.25, 0.3) is 0 Å². The zero-order valence-corrected chi connectivity index (χ0v) is 15.7. The van der Waals surface area contributed by atoms with Gasteiger partial charge in [-0.1, -0.05) is 29.8 Å². The summed E-state index contributed by atoms with van der Waals surface area (Å²) in [5.74, 6) is -0.145. The molecule has 3 rings (SSSR count). The average molecular weight is 368 g/mol. The zero-order valence-electron chi connectivity index (χ0n) is 14.9. The van der Waals surface area contributed by atoms with Gasteiger partial charge in [-0.05, 0) is 37.6 Å². The van der Waals surface area contributed by atoms with Crippen LogP contribution in [-0.4, -0.2) is 33.9 Å². The Morgan fingerprint density at radius 2 is 2.00 bits per heavy atom. The van der Waals surface area contributed by atoms with Gasteiger partial charge in [0.1, 0.15) is 17.2 Å². The Bertz CT molecular complexity index is 959. The molecule has 0 aliphatic carbocycles. The van der Waals surface area contributed by atoms with Gasteiger partial charge in [0.05, 0.1) is 23.9 Å². The van der Waals surface area contributed by atoms with Crippen LogP contribution in [0.5, 0.6) is 0 Å². The Hall–Kier alpha value is -2.73. The number of nitrogens with zero attached hydrogens (tertiary/aromatic N) is 1. The lowest BCUT2D eigenvalue weighted by Gasteiger charge is -2.09. The molecule has 1 aromatic heterocycles. The fourth-order valence-electron chi connectivity index (χ4n) is 2.61. The van der Waals surface area contributed by atoms with Gasteiger partial charge in [0.2, 0.25) is 0 Å². The number of methoxy groups -OCH3 is 1. The molecular formula is C20H20N2O3S. The van der Waals surface area contributed by atoms with E-state index in [-0.39, 0.29) is 17.1 Å². The summed E-state index contributed by atoms with van der Waals surface area (Å²) in [7, 11) is 1.29. The van der Waals surface area contributed by atoms with Gasteiger partial charge >= 0.3 is 5.97 Å². The van der Waals surface area contributed by atoms with Crippen LogP contribution in [0, 0.1) is 13.8 Å². The molecule has 134 valence electrons. The molecule has 6 heteroatoms. The molecule has 0 aliphatic heterocycles. The number of thioether (sulfide) groups is 1. The van der Waals surface area contributed by atoms with E-state index in [4.69, 9.17) is 4.74 Å². The number of benzene rings is 2. The average Bonchev–Trinajstić information content (AvgIpc) is 3.05. The molecule has 2 N–H and O–H groups in total. The summed E-state index contributed by atoms with van der Waals surface area (Å²) in [6, 6.07) is 13.6. The molecule has 0 bridgehead atoms. The maximum atomic E-state index is 12.3. The van der Waals surface area contributed by atoms with Crippen molar-refractivity contribution in [3.63, 3.8) is 0 Å². The summed E-state index contributed by atoms with van der Waals surface area (Å²) in [4.78, 5) is 20.8. The van der Waals surface area contributed by atoms with E-state index in [1.165, 1.54) is 18.9 Å². The van der Waals surface area contributed by atoms with E-state index in [9.17, 15) is 9.90 Å². The maximum absolute atomic E-state index is 12.3. The predicted octanol–water partition coefficient (Wildman–Crippen LogP) is 4.41. The number of fused-ring (bicyclic) bond motifs is 1. The van der Waals surface area contributed by atoms with Crippen molar-refractivity contribution < 1.29 is 14.6 Å². The van der Waals surface area contributed by atoms with Crippen molar-refractivity contribution in [2.24, 2.45) is 0 Å². The fourth-order valence-corrected chi connectivity index (χ4v) is 3.61. The SMILES string of the molecule is COC(=O)/C(=C(/O)CSc1cc(C)ccc1C)c1nc2ccccc2[nH]1. The highest BCUT2D eigenvalue weighted by Crippen LogP contribution is 2.28. The number of rotatable bonds is 5. The highest BCUT2D eigenvalue weighted by Gasteiger charge is 2.22. The number of aromatic amines is 1. The second kappa shape index (κ2) is 7.66. The lowest BCUT2D eigenvalue weighted by atomic mass is 10.2. The maximum Gasteiger partial charge on any atom is 0.345 e. The molecule has 3 aromatic rings. The van der Waals surface area contributed by atoms with Crippen molar-refractivity contribution in [1.82, 2.24) is 9.97 Å². The molecule has 0 fully saturated rings. The number of carbonyl (C=O) groups is 1. The summed E-state index contributed by atoms with van der Waals surface area (Å²) >= 11 is 1.47. The van der Waals surface area contributed by atoms with Crippen LogP contribution in [0.4, 0.5) is 0 Å². The number of ether oxygens (including phenoxy) is 1.